The SMILES string of the molecule is Cc1ccc(/C=C2/SC(=O)N(c3cccc(C(F)(F)F)c3)C2=O)o1. The van der Waals surface area contributed by atoms with Gasteiger partial charge in [0.15, 0.2) is 0 Å². The van der Waals surface area contributed by atoms with Gasteiger partial charge >= 0.3 is 6.18 Å². The largest absolute Gasteiger partial charge is 0.462 e. The van der Waals surface area contributed by atoms with Crippen molar-refractivity contribution in [1.82, 2.24) is 0 Å². The van der Waals surface area contributed by atoms with Crippen molar-refractivity contribution in [2.45, 2.75) is 13.1 Å². The van der Waals surface area contributed by atoms with Gasteiger partial charge in [0.25, 0.3) is 11.1 Å². The number of alkyl halides is 3. The summed E-state index contributed by atoms with van der Waals surface area (Å²) < 4.78 is 43.7. The number of imide groups is 1. The highest BCUT2D eigenvalue weighted by molar-refractivity contribution is 8.19. The Morgan fingerprint density at radius 2 is 1.92 bits per heavy atom. The molecule has 1 fully saturated rings. The molecule has 1 saturated heterocycles. The standard InChI is InChI=1S/C16H10F3NO3S/c1-9-5-6-12(23-9)8-13-14(21)20(15(22)24-13)11-4-2-3-10(7-11)16(17,18)19/h2-8H,1H3/b13-8+. The van der Waals surface area contributed by atoms with Gasteiger partial charge in [-0.05, 0) is 49.0 Å². The summed E-state index contributed by atoms with van der Waals surface area (Å²) in [7, 11) is 0. The summed E-state index contributed by atoms with van der Waals surface area (Å²) in [6.07, 6.45) is -3.16. The molecule has 24 heavy (non-hydrogen) atoms. The summed E-state index contributed by atoms with van der Waals surface area (Å²) in [4.78, 5) is 25.3. The third kappa shape index (κ3) is 3.09. The second kappa shape index (κ2) is 5.86. The molecule has 1 aliphatic heterocycles. The number of nitrogens with zero attached hydrogens (tertiary/aromatic N) is 1. The molecule has 2 amide bonds. The van der Waals surface area contributed by atoms with Gasteiger partial charge in [-0.15, -0.1) is 0 Å². The topological polar surface area (TPSA) is 50.5 Å². The van der Waals surface area contributed by atoms with Gasteiger partial charge < -0.3 is 4.42 Å². The van der Waals surface area contributed by atoms with Gasteiger partial charge in [-0.3, -0.25) is 9.59 Å². The van der Waals surface area contributed by atoms with E-state index >= 15 is 0 Å². The van der Waals surface area contributed by atoms with Crippen LogP contribution in [0.5, 0.6) is 0 Å². The van der Waals surface area contributed by atoms with Crippen molar-refractivity contribution in [3.8, 4) is 0 Å². The van der Waals surface area contributed by atoms with E-state index in [-0.39, 0.29) is 10.6 Å². The molecule has 3 rings (SSSR count). The molecule has 1 aromatic heterocycles. The van der Waals surface area contributed by atoms with Crippen LogP contribution >= 0.6 is 11.8 Å². The quantitative estimate of drug-likeness (QED) is 0.725. The van der Waals surface area contributed by atoms with Crippen LogP contribution in [0.25, 0.3) is 6.08 Å². The van der Waals surface area contributed by atoms with Crippen LogP contribution in [0.4, 0.5) is 23.7 Å². The highest BCUT2D eigenvalue weighted by Crippen LogP contribution is 2.38. The first-order chi connectivity index (χ1) is 11.3. The van der Waals surface area contributed by atoms with Crippen molar-refractivity contribution in [2.24, 2.45) is 0 Å². The Hall–Kier alpha value is -2.48. The molecule has 0 radical (unpaired) electrons. The van der Waals surface area contributed by atoms with Crippen LogP contribution in [-0.2, 0) is 11.0 Å². The number of thioether (sulfide) groups is 1. The normalized spacial score (nSPS) is 17.2. The van der Waals surface area contributed by atoms with E-state index < -0.39 is 22.9 Å². The maximum Gasteiger partial charge on any atom is 0.416 e. The minimum absolute atomic E-state index is 0.0896. The van der Waals surface area contributed by atoms with Gasteiger partial charge in [0.2, 0.25) is 0 Å². The lowest BCUT2D eigenvalue weighted by Crippen LogP contribution is -2.27. The molecule has 0 spiro atoms. The van der Waals surface area contributed by atoms with Gasteiger partial charge in [0.05, 0.1) is 16.2 Å². The summed E-state index contributed by atoms with van der Waals surface area (Å²) in [5.74, 6) is 0.346. The fourth-order valence-electron chi connectivity index (χ4n) is 2.17. The molecule has 0 bridgehead atoms. The minimum atomic E-state index is -4.56. The first-order valence-electron chi connectivity index (χ1n) is 6.77. The minimum Gasteiger partial charge on any atom is -0.462 e. The van der Waals surface area contributed by atoms with Gasteiger partial charge in [-0.2, -0.15) is 13.2 Å². The first-order valence-corrected chi connectivity index (χ1v) is 7.59. The highest BCUT2D eigenvalue weighted by Gasteiger charge is 2.38. The zero-order chi connectivity index (χ0) is 17.5. The maximum absolute atomic E-state index is 12.8. The average molecular weight is 353 g/mol. The van der Waals surface area contributed by atoms with Crippen LogP contribution in [-0.4, -0.2) is 11.1 Å². The Kier molecular flexibility index (Phi) is 4.00. The molecule has 2 aromatic rings. The second-order valence-electron chi connectivity index (χ2n) is 5.01. The number of carbonyl (C=O) groups is 2. The van der Waals surface area contributed by atoms with E-state index in [9.17, 15) is 22.8 Å². The number of halogens is 3. The van der Waals surface area contributed by atoms with Crippen LogP contribution in [0.3, 0.4) is 0 Å². The Labute approximate surface area is 138 Å². The van der Waals surface area contributed by atoms with Crippen molar-refractivity contribution >= 4 is 34.7 Å². The van der Waals surface area contributed by atoms with Gasteiger partial charge in [0.1, 0.15) is 11.5 Å². The van der Waals surface area contributed by atoms with E-state index in [0.29, 0.717) is 23.3 Å². The summed E-state index contributed by atoms with van der Waals surface area (Å²) in [6, 6.07) is 7.42. The number of hydrogen-bond donors (Lipinski definition) is 0. The average Bonchev–Trinajstić information content (AvgIpc) is 3.02. The molecule has 1 aliphatic rings. The van der Waals surface area contributed by atoms with Crippen LogP contribution in [0.1, 0.15) is 17.1 Å². The monoisotopic (exact) mass is 353 g/mol. The number of anilines is 1. The fourth-order valence-corrected chi connectivity index (χ4v) is 2.99. The van der Waals surface area contributed by atoms with E-state index in [0.717, 1.165) is 23.1 Å². The summed E-state index contributed by atoms with van der Waals surface area (Å²) >= 11 is 0.651. The van der Waals surface area contributed by atoms with E-state index in [4.69, 9.17) is 4.42 Å². The molecule has 2 heterocycles. The van der Waals surface area contributed by atoms with Gasteiger partial charge in [-0.1, -0.05) is 6.07 Å². The van der Waals surface area contributed by atoms with Crippen molar-refractivity contribution in [3.63, 3.8) is 0 Å². The smallest absolute Gasteiger partial charge is 0.416 e. The lowest BCUT2D eigenvalue weighted by atomic mass is 10.2. The van der Waals surface area contributed by atoms with E-state index in [1.54, 1.807) is 19.1 Å². The van der Waals surface area contributed by atoms with Crippen molar-refractivity contribution in [1.29, 1.82) is 0 Å². The summed E-state index contributed by atoms with van der Waals surface area (Å²) in [6.45, 7) is 1.73. The van der Waals surface area contributed by atoms with Crippen molar-refractivity contribution < 1.29 is 27.2 Å². The molecule has 1 aromatic carbocycles. The molecule has 0 saturated carbocycles. The van der Waals surface area contributed by atoms with E-state index in [1.165, 1.54) is 12.1 Å². The lowest BCUT2D eigenvalue weighted by Gasteiger charge is -2.14. The highest BCUT2D eigenvalue weighted by atomic mass is 32.2. The van der Waals surface area contributed by atoms with E-state index in [1.807, 2.05) is 0 Å². The predicted octanol–water partition coefficient (Wildman–Crippen LogP) is 4.85. The zero-order valence-corrected chi connectivity index (χ0v) is 13.1. The van der Waals surface area contributed by atoms with Crippen molar-refractivity contribution in [2.75, 3.05) is 4.90 Å². The number of furan rings is 1. The Morgan fingerprint density at radius 3 is 2.54 bits per heavy atom. The Balaban J connectivity index is 1.94. The predicted molar refractivity (Wildman–Crippen MR) is 83.3 cm³/mol. The number of aryl methyl sites for hydroxylation is 1. The fraction of sp³-hybridized carbons (Fsp3) is 0.125. The van der Waals surface area contributed by atoms with Crippen LogP contribution in [0.2, 0.25) is 0 Å². The van der Waals surface area contributed by atoms with Crippen LogP contribution < -0.4 is 4.90 Å². The van der Waals surface area contributed by atoms with E-state index in [2.05, 4.69) is 0 Å². The number of hydrogen-bond acceptors (Lipinski definition) is 4. The maximum atomic E-state index is 12.8. The van der Waals surface area contributed by atoms with Crippen LogP contribution in [0, 0.1) is 6.92 Å². The van der Waals surface area contributed by atoms with Gasteiger partial charge in [0, 0.05) is 6.08 Å². The lowest BCUT2D eigenvalue weighted by molar-refractivity contribution is -0.137. The molecule has 0 unspecified atom stereocenters. The second-order valence-corrected chi connectivity index (χ2v) is 6.01. The molecule has 0 aliphatic carbocycles. The summed E-state index contributed by atoms with van der Waals surface area (Å²) in [5, 5.41) is -0.658. The number of rotatable bonds is 2. The zero-order valence-electron chi connectivity index (χ0n) is 12.3. The molecule has 4 nitrogen and oxygen atoms in total. The van der Waals surface area contributed by atoms with Crippen molar-refractivity contribution in [3.05, 3.63) is 58.4 Å². The Bertz CT molecular complexity index is 854. The molecule has 124 valence electrons. The summed E-state index contributed by atoms with van der Waals surface area (Å²) in [5.41, 5.74) is -1.05. The third-order valence-electron chi connectivity index (χ3n) is 3.26. The van der Waals surface area contributed by atoms with Crippen LogP contribution in [0.15, 0.2) is 45.7 Å². The molecule has 0 atom stereocenters. The molecular weight excluding hydrogens is 343 g/mol. The first kappa shape index (κ1) is 16.4. The molecular formula is C16H10F3NO3S. The third-order valence-corrected chi connectivity index (χ3v) is 4.13. The molecule has 8 heteroatoms. The molecule has 0 N–H and O–H groups in total. The number of carbonyl (C=O) groups excluding carboxylic acids is 2. The number of amides is 2. The Morgan fingerprint density at radius 1 is 1.17 bits per heavy atom. The number of benzene rings is 1. The van der Waals surface area contributed by atoms with Gasteiger partial charge in [-0.25, -0.2) is 4.90 Å².